The summed E-state index contributed by atoms with van der Waals surface area (Å²) in [6.45, 7) is 10.0. The lowest BCUT2D eigenvalue weighted by Gasteiger charge is -2.44. The van der Waals surface area contributed by atoms with Crippen molar-refractivity contribution in [3.8, 4) is 0 Å². The Labute approximate surface area is 167 Å². The molecule has 0 radical (unpaired) electrons. The number of carbonyl (C=O) groups is 3. The molecule has 0 aliphatic carbocycles. The Morgan fingerprint density at radius 3 is 2.43 bits per heavy atom. The van der Waals surface area contributed by atoms with Crippen LogP contribution in [0.25, 0.3) is 0 Å². The molecule has 0 bridgehead atoms. The molecule has 154 valence electrons. The van der Waals surface area contributed by atoms with Crippen LogP contribution in [0.4, 0.5) is 4.79 Å². The van der Waals surface area contributed by atoms with Crippen molar-refractivity contribution in [3.63, 3.8) is 0 Å². The van der Waals surface area contributed by atoms with Gasteiger partial charge < -0.3 is 14.4 Å². The maximum atomic E-state index is 13.2. The minimum absolute atomic E-state index is 0.117. The highest BCUT2D eigenvalue weighted by atomic mass is 16.6. The highest BCUT2D eigenvalue weighted by molar-refractivity contribution is 5.89. The van der Waals surface area contributed by atoms with Gasteiger partial charge in [-0.05, 0) is 45.1 Å². The summed E-state index contributed by atoms with van der Waals surface area (Å²) < 4.78 is 5.49. The summed E-state index contributed by atoms with van der Waals surface area (Å²) in [6, 6.07) is 8.53. The van der Waals surface area contributed by atoms with Gasteiger partial charge in [0.15, 0.2) is 0 Å². The molecule has 2 rings (SSSR count). The van der Waals surface area contributed by atoms with Crippen LogP contribution >= 0.6 is 0 Å². The molecule has 0 aromatic heterocycles. The van der Waals surface area contributed by atoms with E-state index in [1.807, 2.05) is 44.2 Å². The Morgan fingerprint density at radius 1 is 1.25 bits per heavy atom. The summed E-state index contributed by atoms with van der Waals surface area (Å²) in [6.07, 6.45) is 1.34. The lowest BCUT2D eigenvalue weighted by molar-refractivity contribution is -0.146. The molecule has 1 fully saturated rings. The van der Waals surface area contributed by atoms with Crippen molar-refractivity contribution in [1.29, 1.82) is 0 Å². The first-order valence-corrected chi connectivity index (χ1v) is 9.91. The van der Waals surface area contributed by atoms with Crippen LogP contribution in [-0.2, 0) is 20.7 Å². The van der Waals surface area contributed by atoms with Crippen LogP contribution in [0.5, 0.6) is 0 Å². The maximum absolute atomic E-state index is 13.2. The van der Waals surface area contributed by atoms with E-state index in [2.05, 4.69) is 0 Å². The second-order valence-electron chi connectivity index (χ2n) is 8.76. The van der Waals surface area contributed by atoms with Gasteiger partial charge in [0.05, 0.1) is 0 Å². The van der Waals surface area contributed by atoms with Crippen LogP contribution in [0, 0.1) is 5.92 Å². The quantitative estimate of drug-likeness (QED) is 0.702. The smallest absolute Gasteiger partial charge is 0.411 e. The minimum atomic E-state index is -0.702. The summed E-state index contributed by atoms with van der Waals surface area (Å²) in [5.41, 5.74) is 0.438. The van der Waals surface area contributed by atoms with Gasteiger partial charge >= 0.3 is 6.09 Å². The minimum Gasteiger partial charge on any atom is -0.444 e. The van der Waals surface area contributed by atoms with E-state index in [0.29, 0.717) is 19.4 Å². The van der Waals surface area contributed by atoms with Crippen LogP contribution < -0.4 is 0 Å². The highest BCUT2D eigenvalue weighted by Crippen LogP contribution is 2.25. The molecule has 0 N–H and O–H groups in total. The third-order valence-electron chi connectivity index (χ3n) is 4.67. The molecule has 1 heterocycles. The molecular weight excluding hydrogens is 356 g/mol. The SMILES string of the molecule is CC(C)C[C@H]1C(=O)N(CCc2ccccc2)C[C@H](C=O)N1C(=O)OC(C)(C)C. The van der Waals surface area contributed by atoms with E-state index in [1.165, 1.54) is 4.90 Å². The number of rotatable bonds is 6. The van der Waals surface area contributed by atoms with Crippen molar-refractivity contribution < 1.29 is 19.1 Å². The predicted octanol–water partition coefficient (Wildman–Crippen LogP) is 3.29. The molecule has 2 atom stereocenters. The van der Waals surface area contributed by atoms with Gasteiger partial charge in [0.25, 0.3) is 0 Å². The Kier molecular flexibility index (Phi) is 7.22. The third kappa shape index (κ3) is 5.81. The largest absolute Gasteiger partial charge is 0.444 e. The molecule has 1 saturated heterocycles. The molecule has 2 amide bonds. The van der Waals surface area contributed by atoms with Gasteiger partial charge in [0.1, 0.15) is 24.0 Å². The number of aldehydes is 1. The van der Waals surface area contributed by atoms with Crippen LogP contribution in [0.1, 0.15) is 46.6 Å². The molecule has 0 unspecified atom stereocenters. The van der Waals surface area contributed by atoms with Crippen LogP contribution in [-0.4, -0.2) is 58.9 Å². The van der Waals surface area contributed by atoms with E-state index >= 15 is 0 Å². The Balaban J connectivity index is 2.22. The number of amides is 2. The Hall–Kier alpha value is -2.37. The van der Waals surface area contributed by atoms with Gasteiger partial charge in [-0.1, -0.05) is 44.2 Å². The maximum Gasteiger partial charge on any atom is 0.411 e. The lowest BCUT2D eigenvalue weighted by Crippen LogP contribution is -2.65. The number of piperazine rings is 1. The number of nitrogens with zero attached hydrogens (tertiary/aromatic N) is 2. The second kappa shape index (κ2) is 9.22. The van der Waals surface area contributed by atoms with Crippen molar-refractivity contribution in [2.45, 2.75) is 65.1 Å². The molecule has 28 heavy (non-hydrogen) atoms. The van der Waals surface area contributed by atoms with Crippen molar-refractivity contribution in [3.05, 3.63) is 35.9 Å². The van der Waals surface area contributed by atoms with Gasteiger partial charge in [0, 0.05) is 13.1 Å². The van der Waals surface area contributed by atoms with E-state index in [1.54, 1.807) is 25.7 Å². The third-order valence-corrected chi connectivity index (χ3v) is 4.67. The van der Waals surface area contributed by atoms with E-state index < -0.39 is 23.8 Å². The van der Waals surface area contributed by atoms with Gasteiger partial charge in [-0.3, -0.25) is 9.69 Å². The predicted molar refractivity (Wildman–Crippen MR) is 108 cm³/mol. The zero-order chi connectivity index (χ0) is 20.9. The molecule has 6 heteroatoms. The fraction of sp³-hybridized carbons (Fsp3) is 0.591. The Morgan fingerprint density at radius 2 is 1.89 bits per heavy atom. The summed E-state index contributed by atoms with van der Waals surface area (Å²) in [5, 5.41) is 0. The molecule has 1 aromatic rings. The number of carbonyl (C=O) groups excluding carboxylic acids is 3. The molecule has 6 nitrogen and oxygen atoms in total. The zero-order valence-corrected chi connectivity index (χ0v) is 17.6. The second-order valence-corrected chi connectivity index (χ2v) is 8.76. The monoisotopic (exact) mass is 388 g/mol. The van der Waals surface area contributed by atoms with Crippen LogP contribution in [0.2, 0.25) is 0 Å². The van der Waals surface area contributed by atoms with E-state index in [9.17, 15) is 14.4 Å². The molecule has 1 aliphatic rings. The summed E-state index contributed by atoms with van der Waals surface area (Å²) in [5.74, 6) is 0.0776. The van der Waals surface area contributed by atoms with Gasteiger partial charge in [-0.15, -0.1) is 0 Å². The van der Waals surface area contributed by atoms with E-state index in [0.717, 1.165) is 11.8 Å². The van der Waals surface area contributed by atoms with E-state index in [4.69, 9.17) is 4.74 Å². The number of ether oxygens (including phenoxy) is 1. The van der Waals surface area contributed by atoms with Crippen LogP contribution in [0.3, 0.4) is 0 Å². The van der Waals surface area contributed by atoms with Gasteiger partial charge in [-0.25, -0.2) is 4.79 Å². The van der Waals surface area contributed by atoms with Crippen molar-refractivity contribution >= 4 is 18.3 Å². The fourth-order valence-corrected chi connectivity index (χ4v) is 3.42. The molecule has 1 aromatic carbocycles. The Bertz CT molecular complexity index is 682. The topological polar surface area (TPSA) is 66.9 Å². The molecular formula is C22H32N2O4. The molecule has 1 aliphatic heterocycles. The zero-order valence-electron chi connectivity index (χ0n) is 17.6. The van der Waals surface area contributed by atoms with Crippen molar-refractivity contribution in [2.24, 2.45) is 5.92 Å². The van der Waals surface area contributed by atoms with Crippen molar-refractivity contribution in [1.82, 2.24) is 9.80 Å². The molecule has 0 spiro atoms. The first kappa shape index (κ1) is 21.9. The van der Waals surface area contributed by atoms with Crippen LogP contribution in [0.15, 0.2) is 30.3 Å². The normalized spacial score (nSPS) is 20.4. The first-order valence-electron chi connectivity index (χ1n) is 9.91. The standard InChI is InChI=1S/C22H32N2O4/c1-16(2)13-19-20(26)23(12-11-17-9-7-6-8-10-17)14-18(15-25)24(19)21(27)28-22(3,4)5/h6-10,15-16,18-19H,11-14H2,1-5H3/t18-,19+/m1/s1. The van der Waals surface area contributed by atoms with Gasteiger partial charge in [0.2, 0.25) is 5.91 Å². The summed E-state index contributed by atoms with van der Waals surface area (Å²) >= 11 is 0. The number of benzene rings is 1. The van der Waals surface area contributed by atoms with Gasteiger partial charge in [-0.2, -0.15) is 0 Å². The first-order chi connectivity index (χ1) is 13.1. The summed E-state index contributed by atoms with van der Waals surface area (Å²) in [7, 11) is 0. The van der Waals surface area contributed by atoms with E-state index in [-0.39, 0.29) is 18.4 Å². The average Bonchev–Trinajstić information content (AvgIpc) is 2.61. The fourth-order valence-electron chi connectivity index (χ4n) is 3.42. The molecule has 0 saturated carbocycles. The summed E-state index contributed by atoms with van der Waals surface area (Å²) in [4.78, 5) is 40.8. The van der Waals surface area contributed by atoms with Crippen molar-refractivity contribution in [2.75, 3.05) is 13.1 Å². The number of hydrogen-bond acceptors (Lipinski definition) is 4. The number of hydrogen-bond donors (Lipinski definition) is 0. The average molecular weight is 389 g/mol. The highest BCUT2D eigenvalue weighted by Gasteiger charge is 2.44. The lowest BCUT2D eigenvalue weighted by atomic mass is 9.96.